The molecule has 19 heavy (non-hydrogen) atoms. The van der Waals surface area contributed by atoms with Crippen LogP contribution in [0, 0.1) is 5.92 Å². The third kappa shape index (κ3) is 3.69. The van der Waals surface area contributed by atoms with Gasteiger partial charge in [0.2, 0.25) is 5.91 Å². The van der Waals surface area contributed by atoms with Crippen LogP contribution in [0.15, 0.2) is 0 Å². The predicted molar refractivity (Wildman–Crippen MR) is 71.8 cm³/mol. The molecule has 2 rings (SSSR count). The number of hydrogen-bond acceptors (Lipinski definition) is 3. The van der Waals surface area contributed by atoms with Gasteiger partial charge in [-0.05, 0) is 51.1 Å². The monoisotopic (exact) mass is 268 g/mol. The van der Waals surface area contributed by atoms with Gasteiger partial charge in [-0.1, -0.05) is 12.8 Å². The molecule has 0 spiro atoms. The maximum Gasteiger partial charge on any atom is 0.329 e. The summed E-state index contributed by atoms with van der Waals surface area (Å²) in [6.45, 7) is 2.06. The number of carbonyl (C=O) groups is 2. The summed E-state index contributed by atoms with van der Waals surface area (Å²) in [5.74, 6) is -0.420. The van der Waals surface area contributed by atoms with Crippen LogP contribution >= 0.6 is 0 Å². The maximum absolute atomic E-state index is 12.0. The van der Waals surface area contributed by atoms with Crippen LogP contribution in [-0.2, 0) is 9.59 Å². The number of amides is 1. The average Bonchev–Trinajstić information content (AvgIpc) is 2.87. The molecule has 0 aromatic heterocycles. The normalized spacial score (nSPS) is 26.0. The Hall–Kier alpha value is -1.10. The number of nitrogens with one attached hydrogen (secondary N) is 2. The SMILES string of the molecule is O=C(CCC1CCCNC1)NC1(C(=O)O)CCCC1. The Bertz CT molecular complexity index is 332. The van der Waals surface area contributed by atoms with Crippen molar-refractivity contribution < 1.29 is 14.7 Å². The van der Waals surface area contributed by atoms with Crippen molar-refractivity contribution in [1.82, 2.24) is 10.6 Å². The van der Waals surface area contributed by atoms with Gasteiger partial charge in [0.05, 0.1) is 0 Å². The smallest absolute Gasteiger partial charge is 0.329 e. The first-order valence-corrected chi connectivity index (χ1v) is 7.37. The van der Waals surface area contributed by atoms with Gasteiger partial charge in [-0.2, -0.15) is 0 Å². The van der Waals surface area contributed by atoms with Gasteiger partial charge >= 0.3 is 5.97 Å². The lowest BCUT2D eigenvalue weighted by Gasteiger charge is -2.26. The lowest BCUT2D eigenvalue weighted by atomic mass is 9.93. The van der Waals surface area contributed by atoms with Gasteiger partial charge < -0.3 is 15.7 Å². The molecule has 108 valence electrons. The standard InChI is InChI=1S/C14H24N2O3/c17-12(6-5-11-4-3-9-15-10-11)16-14(13(18)19)7-1-2-8-14/h11,15H,1-10H2,(H,16,17)(H,18,19). The number of hydrogen-bond donors (Lipinski definition) is 3. The molecule has 1 heterocycles. The highest BCUT2D eigenvalue weighted by Gasteiger charge is 2.42. The van der Waals surface area contributed by atoms with Crippen molar-refractivity contribution in [2.45, 2.75) is 56.9 Å². The van der Waals surface area contributed by atoms with Gasteiger partial charge in [-0.15, -0.1) is 0 Å². The Balaban J connectivity index is 1.78. The van der Waals surface area contributed by atoms with Crippen molar-refractivity contribution >= 4 is 11.9 Å². The number of rotatable bonds is 5. The molecule has 5 heteroatoms. The lowest BCUT2D eigenvalue weighted by molar-refractivity contribution is -0.147. The summed E-state index contributed by atoms with van der Waals surface area (Å²) >= 11 is 0. The van der Waals surface area contributed by atoms with Crippen molar-refractivity contribution in [2.75, 3.05) is 13.1 Å². The van der Waals surface area contributed by atoms with Crippen LogP contribution in [0.5, 0.6) is 0 Å². The first-order chi connectivity index (χ1) is 9.12. The molecule has 1 amide bonds. The fourth-order valence-electron chi connectivity index (χ4n) is 3.21. The highest BCUT2D eigenvalue weighted by atomic mass is 16.4. The molecule has 1 unspecified atom stereocenters. The van der Waals surface area contributed by atoms with Gasteiger partial charge in [-0.25, -0.2) is 4.79 Å². The number of carbonyl (C=O) groups excluding carboxylic acids is 1. The number of aliphatic carboxylic acids is 1. The van der Waals surface area contributed by atoms with E-state index in [1.165, 1.54) is 12.8 Å². The minimum atomic E-state index is -0.984. The Morgan fingerprint density at radius 3 is 2.58 bits per heavy atom. The van der Waals surface area contributed by atoms with Crippen LogP contribution in [0.2, 0.25) is 0 Å². The summed E-state index contributed by atoms with van der Waals surface area (Å²) in [5, 5.41) is 15.4. The Morgan fingerprint density at radius 1 is 1.26 bits per heavy atom. The molecule has 1 atom stereocenters. The average molecular weight is 268 g/mol. The second kappa shape index (κ2) is 6.37. The van der Waals surface area contributed by atoms with Gasteiger partial charge in [0.15, 0.2) is 0 Å². The number of carboxylic acid groups (broad SMARTS) is 1. The molecule has 2 fully saturated rings. The van der Waals surface area contributed by atoms with Crippen molar-refractivity contribution in [3.8, 4) is 0 Å². The highest BCUT2D eigenvalue weighted by molar-refractivity contribution is 5.87. The fraction of sp³-hybridized carbons (Fsp3) is 0.857. The van der Waals surface area contributed by atoms with E-state index in [1.807, 2.05) is 0 Å². The van der Waals surface area contributed by atoms with Crippen LogP contribution in [0.25, 0.3) is 0 Å². The van der Waals surface area contributed by atoms with Crippen LogP contribution in [0.1, 0.15) is 51.4 Å². The third-order valence-electron chi connectivity index (χ3n) is 4.42. The van der Waals surface area contributed by atoms with E-state index >= 15 is 0 Å². The first-order valence-electron chi connectivity index (χ1n) is 7.37. The molecular formula is C14H24N2O3. The summed E-state index contributed by atoms with van der Waals surface area (Å²) in [6, 6.07) is 0. The molecular weight excluding hydrogens is 244 g/mol. The lowest BCUT2D eigenvalue weighted by Crippen LogP contribution is -2.52. The van der Waals surface area contributed by atoms with E-state index in [-0.39, 0.29) is 5.91 Å². The van der Waals surface area contributed by atoms with E-state index in [9.17, 15) is 14.7 Å². The maximum atomic E-state index is 12.0. The zero-order valence-electron chi connectivity index (χ0n) is 11.4. The van der Waals surface area contributed by atoms with E-state index in [0.717, 1.165) is 32.4 Å². The highest BCUT2D eigenvalue weighted by Crippen LogP contribution is 2.30. The number of carboxylic acids is 1. The Morgan fingerprint density at radius 2 is 2.00 bits per heavy atom. The largest absolute Gasteiger partial charge is 0.480 e. The van der Waals surface area contributed by atoms with Crippen molar-refractivity contribution in [1.29, 1.82) is 0 Å². The fourth-order valence-corrected chi connectivity index (χ4v) is 3.21. The second-order valence-electron chi connectivity index (χ2n) is 5.89. The van der Waals surface area contributed by atoms with Gasteiger partial charge in [0.1, 0.15) is 5.54 Å². The van der Waals surface area contributed by atoms with Crippen LogP contribution < -0.4 is 10.6 Å². The first kappa shape index (κ1) is 14.3. The second-order valence-corrected chi connectivity index (χ2v) is 5.89. The number of piperidine rings is 1. The van der Waals surface area contributed by atoms with E-state index in [4.69, 9.17) is 0 Å². The van der Waals surface area contributed by atoms with Crippen molar-refractivity contribution in [3.05, 3.63) is 0 Å². The predicted octanol–water partition coefficient (Wildman–Crippen LogP) is 1.28. The molecule has 2 aliphatic rings. The van der Waals surface area contributed by atoms with E-state index < -0.39 is 11.5 Å². The van der Waals surface area contributed by atoms with Crippen molar-refractivity contribution in [3.63, 3.8) is 0 Å². The summed E-state index contributed by atoms with van der Waals surface area (Å²) in [4.78, 5) is 23.3. The molecule has 0 aromatic rings. The zero-order valence-corrected chi connectivity index (χ0v) is 11.4. The summed E-state index contributed by atoms with van der Waals surface area (Å²) in [6.07, 6.45) is 6.56. The molecule has 1 saturated carbocycles. The minimum Gasteiger partial charge on any atom is -0.480 e. The van der Waals surface area contributed by atoms with E-state index in [0.29, 0.717) is 25.2 Å². The van der Waals surface area contributed by atoms with E-state index in [2.05, 4.69) is 10.6 Å². The quantitative estimate of drug-likeness (QED) is 0.702. The van der Waals surface area contributed by atoms with Crippen LogP contribution in [0.4, 0.5) is 0 Å². The summed E-state index contributed by atoms with van der Waals surface area (Å²) < 4.78 is 0. The molecule has 1 aliphatic heterocycles. The van der Waals surface area contributed by atoms with Gasteiger partial charge in [0, 0.05) is 6.42 Å². The summed E-state index contributed by atoms with van der Waals surface area (Å²) in [5.41, 5.74) is -0.984. The molecule has 1 saturated heterocycles. The van der Waals surface area contributed by atoms with E-state index in [1.54, 1.807) is 0 Å². The van der Waals surface area contributed by atoms with Crippen LogP contribution in [-0.4, -0.2) is 35.6 Å². The third-order valence-corrected chi connectivity index (χ3v) is 4.42. The zero-order chi connectivity index (χ0) is 13.7. The topological polar surface area (TPSA) is 78.4 Å². The molecule has 1 aliphatic carbocycles. The summed E-state index contributed by atoms with van der Waals surface area (Å²) in [7, 11) is 0. The Kier molecular flexibility index (Phi) is 4.80. The molecule has 0 aromatic carbocycles. The Labute approximate surface area is 114 Å². The van der Waals surface area contributed by atoms with Crippen LogP contribution in [0.3, 0.4) is 0 Å². The molecule has 3 N–H and O–H groups in total. The van der Waals surface area contributed by atoms with Gasteiger partial charge in [0.25, 0.3) is 0 Å². The molecule has 0 bridgehead atoms. The minimum absolute atomic E-state index is 0.102. The van der Waals surface area contributed by atoms with Crippen molar-refractivity contribution in [2.24, 2.45) is 5.92 Å². The molecule has 5 nitrogen and oxygen atoms in total. The van der Waals surface area contributed by atoms with Gasteiger partial charge in [-0.3, -0.25) is 4.79 Å². The molecule has 0 radical (unpaired) electrons.